The van der Waals surface area contributed by atoms with E-state index in [1.54, 1.807) is 11.0 Å². The lowest BCUT2D eigenvalue weighted by molar-refractivity contribution is -0.115. The summed E-state index contributed by atoms with van der Waals surface area (Å²) in [5.41, 5.74) is 2.25. The first kappa shape index (κ1) is 19.7. The Morgan fingerprint density at radius 2 is 1.96 bits per heavy atom. The predicted octanol–water partition coefficient (Wildman–Crippen LogP) is 1.83. The standard InChI is InChI=1S/C18H25N3O3.ClH/c1-13-2-5-15(18(23)21-6-8-24-9-7-21)10-16(13)20-17(22)12-19-11-14-3-4-14;/h2,5,10,14,19H,3-4,6-9,11-12H2,1H3,(H,20,22);1H. The number of nitrogens with zero attached hydrogens (tertiary/aromatic N) is 1. The van der Waals surface area contributed by atoms with Crippen LogP contribution in [0.25, 0.3) is 0 Å². The Morgan fingerprint density at radius 1 is 1.24 bits per heavy atom. The molecule has 1 aromatic carbocycles. The van der Waals surface area contributed by atoms with Gasteiger partial charge in [-0.1, -0.05) is 6.07 Å². The van der Waals surface area contributed by atoms with Crippen LogP contribution >= 0.6 is 12.4 Å². The van der Waals surface area contributed by atoms with Crippen LogP contribution in [0.3, 0.4) is 0 Å². The average Bonchev–Trinajstić information content (AvgIpc) is 3.41. The van der Waals surface area contributed by atoms with Gasteiger partial charge in [0.15, 0.2) is 0 Å². The quantitative estimate of drug-likeness (QED) is 0.804. The van der Waals surface area contributed by atoms with E-state index in [-0.39, 0.29) is 24.2 Å². The number of morpholine rings is 1. The Labute approximate surface area is 154 Å². The van der Waals surface area contributed by atoms with Gasteiger partial charge < -0.3 is 20.3 Å². The van der Waals surface area contributed by atoms with Gasteiger partial charge in [0.25, 0.3) is 5.91 Å². The van der Waals surface area contributed by atoms with Crippen molar-refractivity contribution in [2.24, 2.45) is 5.92 Å². The molecule has 1 aromatic rings. The summed E-state index contributed by atoms with van der Waals surface area (Å²) in [6, 6.07) is 5.46. The van der Waals surface area contributed by atoms with Gasteiger partial charge in [-0.05, 0) is 49.9 Å². The van der Waals surface area contributed by atoms with Crippen LogP contribution in [0.5, 0.6) is 0 Å². The van der Waals surface area contributed by atoms with Crippen molar-refractivity contribution in [3.8, 4) is 0 Å². The molecule has 138 valence electrons. The molecule has 1 aliphatic carbocycles. The number of hydrogen-bond donors (Lipinski definition) is 2. The van der Waals surface area contributed by atoms with Crippen LogP contribution in [0.4, 0.5) is 5.69 Å². The number of rotatable bonds is 6. The van der Waals surface area contributed by atoms with Crippen molar-refractivity contribution < 1.29 is 14.3 Å². The molecule has 0 unspecified atom stereocenters. The van der Waals surface area contributed by atoms with Crippen LogP contribution < -0.4 is 10.6 Å². The molecule has 0 spiro atoms. The van der Waals surface area contributed by atoms with Crippen LogP contribution in [-0.2, 0) is 9.53 Å². The molecule has 0 aromatic heterocycles. The van der Waals surface area contributed by atoms with Crippen molar-refractivity contribution in [1.29, 1.82) is 0 Å². The zero-order valence-corrected chi connectivity index (χ0v) is 15.4. The lowest BCUT2D eigenvalue weighted by atomic mass is 10.1. The highest BCUT2D eigenvalue weighted by molar-refractivity contribution is 5.98. The second-order valence-corrected chi connectivity index (χ2v) is 6.56. The first-order valence-corrected chi connectivity index (χ1v) is 8.62. The van der Waals surface area contributed by atoms with Crippen LogP contribution in [0.1, 0.15) is 28.8 Å². The molecule has 6 nitrogen and oxygen atoms in total. The molecule has 2 fully saturated rings. The SMILES string of the molecule is Cc1ccc(C(=O)N2CCOCC2)cc1NC(=O)CNCC1CC1.Cl. The number of benzene rings is 1. The molecule has 2 amide bonds. The van der Waals surface area contributed by atoms with E-state index in [1.165, 1.54) is 12.8 Å². The average molecular weight is 368 g/mol. The molecule has 1 heterocycles. The third kappa shape index (κ3) is 5.70. The largest absolute Gasteiger partial charge is 0.378 e. The van der Waals surface area contributed by atoms with Crippen LogP contribution in [-0.4, -0.2) is 56.1 Å². The Morgan fingerprint density at radius 3 is 2.64 bits per heavy atom. The third-order valence-electron chi connectivity index (χ3n) is 4.47. The molecule has 2 aliphatic rings. The molecule has 3 rings (SSSR count). The van der Waals surface area contributed by atoms with Gasteiger partial charge >= 0.3 is 0 Å². The van der Waals surface area contributed by atoms with E-state index in [1.807, 2.05) is 19.1 Å². The Kier molecular flexibility index (Phi) is 7.23. The molecule has 0 radical (unpaired) electrons. The highest BCUT2D eigenvalue weighted by Gasteiger charge is 2.21. The van der Waals surface area contributed by atoms with Crippen molar-refractivity contribution >= 4 is 29.9 Å². The normalized spacial score (nSPS) is 16.9. The molecule has 0 atom stereocenters. The maximum atomic E-state index is 12.5. The second-order valence-electron chi connectivity index (χ2n) is 6.56. The monoisotopic (exact) mass is 367 g/mol. The summed E-state index contributed by atoms with van der Waals surface area (Å²) < 4.78 is 5.28. The zero-order valence-electron chi connectivity index (χ0n) is 14.5. The van der Waals surface area contributed by atoms with Gasteiger partial charge in [0.2, 0.25) is 5.91 Å². The van der Waals surface area contributed by atoms with Crippen molar-refractivity contribution in [1.82, 2.24) is 10.2 Å². The lowest BCUT2D eigenvalue weighted by Gasteiger charge is -2.27. The molecule has 25 heavy (non-hydrogen) atoms. The first-order valence-electron chi connectivity index (χ1n) is 8.62. The number of nitrogens with one attached hydrogen (secondary N) is 2. The van der Waals surface area contributed by atoms with E-state index in [2.05, 4.69) is 10.6 Å². The molecule has 0 bridgehead atoms. The highest BCUT2D eigenvalue weighted by atomic mass is 35.5. The zero-order chi connectivity index (χ0) is 16.9. The fourth-order valence-corrected chi connectivity index (χ4v) is 2.74. The minimum absolute atomic E-state index is 0. The van der Waals surface area contributed by atoms with E-state index < -0.39 is 0 Å². The summed E-state index contributed by atoms with van der Waals surface area (Å²) in [4.78, 5) is 26.4. The first-order chi connectivity index (χ1) is 11.6. The summed E-state index contributed by atoms with van der Waals surface area (Å²) in [5, 5.41) is 6.08. The molecule has 1 saturated heterocycles. The van der Waals surface area contributed by atoms with Gasteiger partial charge in [0, 0.05) is 24.3 Å². The van der Waals surface area contributed by atoms with Crippen molar-refractivity contribution in [3.05, 3.63) is 29.3 Å². The predicted molar refractivity (Wildman–Crippen MR) is 99.4 cm³/mol. The van der Waals surface area contributed by atoms with Gasteiger partial charge in [-0.15, -0.1) is 12.4 Å². The van der Waals surface area contributed by atoms with Gasteiger partial charge in [0.1, 0.15) is 0 Å². The lowest BCUT2D eigenvalue weighted by Crippen LogP contribution is -2.40. The van der Waals surface area contributed by atoms with E-state index in [0.717, 1.165) is 18.0 Å². The molecule has 1 aliphatic heterocycles. The molecular weight excluding hydrogens is 342 g/mol. The topological polar surface area (TPSA) is 70.7 Å². The minimum Gasteiger partial charge on any atom is -0.378 e. The summed E-state index contributed by atoms with van der Waals surface area (Å²) in [6.45, 7) is 5.51. The number of amides is 2. The van der Waals surface area contributed by atoms with Crippen molar-refractivity contribution in [3.63, 3.8) is 0 Å². The maximum Gasteiger partial charge on any atom is 0.254 e. The summed E-state index contributed by atoms with van der Waals surface area (Å²) in [5.74, 6) is 0.657. The van der Waals surface area contributed by atoms with E-state index in [4.69, 9.17) is 4.74 Å². The Hall–Kier alpha value is -1.63. The Bertz CT molecular complexity index is 614. The van der Waals surface area contributed by atoms with Crippen LogP contribution in [0.15, 0.2) is 18.2 Å². The number of carbonyl (C=O) groups excluding carboxylic acids is 2. The number of carbonyl (C=O) groups is 2. The number of aryl methyl sites for hydroxylation is 1. The fourth-order valence-electron chi connectivity index (χ4n) is 2.74. The summed E-state index contributed by atoms with van der Waals surface area (Å²) >= 11 is 0. The minimum atomic E-state index is -0.0743. The number of hydrogen-bond acceptors (Lipinski definition) is 4. The number of ether oxygens (including phenoxy) is 1. The van der Waals surface area contributed by atoms with E-state index in [9.17, 15) is 9.59 Å². The molecular formula is C18H26ClN3O3. The number of halogens is 1. The Balaban J connectivity index is 0.00000225. The molecule has 1 saturated carbocycles. The fraction of sp³-hybridized carbons (Fsp3) is 0.556. The maximum absolute atomic E-state index is 12.5. The van der Waals surface area contributed by atoms with Gasteiger partial charge in [-0.2, -0.15) is 0 Å². The third-order valence-corrected chi connectivity index (χ3v) is 4.47. The van der Waals surface area contributed by atoms with Gasteiger partial charge in [-0.25, -0.2) is 0 Å². The smallest absolute Gasteiger partial charge is 0.254 e. The van der Waals surface area contributed by atoms with Crippen LogP contribution in [0.2, 0.25) is 0 Å². The second kappa shape index (κ2) is 9.17. The summed E-state index contributed by atoms with van der Waals surface area (Å²) in [6.07, 6.45) is 2.53. The van der Waals surface area contributed by atoms with Crippen molar-refractivity contribution in [2.45, 2.75) is 19.8 Å². The molecule has 2 N–H and O–H groups in total. The van der Waals surface area contributed by atoms with Crippen LogP contribution in [0, 0.1) is 12.8 Å². The highest BCUT2D eigenvalue weighted by Crippen LogP contribution is 2.27. The van der Waals surface area contributed by atoms with Gasteiger partial charge in [-0.3, -0.25) is 9.59 Å². The summed E-state index contributed by atoms with van der Waals surface area (Å²) in [7, 11) is 0. The number of anilines is 1. The van der Waals surface area contributed by atoms with E-state index in [0.29, 0.717) is 44.1 Å². The molecule has 7 heteroatoms. The van der Waals surface area contributed by atoms with E-state index >= 15 is 0 Å². The van der Waals surface area contributed by atoms with Gasteiger partial charge in [0.05, 0.1) is 19.8 Å². The van der Waals surface area contributed by atoms with Crippen molar-refractivity contribution in [2.75, 3.05) is 44.7 Å².